The molecule has 1 aromatic rings. The average Bonchev–Trinajstić information content (AvgIpc) is 2.89. The van der Waals surface area contributed by atoms with Crippen molar-refractivity contribution in [3.63, 3.8) is 0 Å². The zero-order valence-electron chi connectivity index (χ0n) is 9.85. The minimum absolute atomic E-state index is 0.587. The van der Waals surface area contributed by atoms with Crippen LogP contribution in [0.2, 0.25) is 0 Å². The molecule has 1 aliphatic rings. The van der Waals surface area contributed by atoms with Gasteiger partial charge in [0.1, 0.15) is 0 Å². The standard InChI is InChI=1S/C12H20ClN3/c1-11-3-7-16(12(11)9-13)6-2-5-15-8-4-14-10-15/h4,8,10-12H,2-3,5-7,9H2,1H3. The number of likely N-dealkylation sites (tertiary alicyclic amines) is 1. The molecule has 4 heteroatoms. The summed E-state index contributed by atoms with van der Waals surface area (Å²) in [6.45, 7) is 5.73. The molecule has 2 rings (SSSR count). The van der Waals surface area contributed by atoms with Gasteiger partial charge >= 0.3 is 0 Å². The van der Waals surface area contributed by atoms with Gasteiger partial charge in [-0.15, -0.1) is 11.6 Å². The Bertz CT molecular complexity index is 299. The van der Waals surface area contributed by atoms with Crippen molar-refractivity contribution in [2.75, 3.05) is 19.0 Å². The Morgan fingerprint density at radius 2 is 2.31 bits per heavy atom. The van der Waals surface area contributed by atoms with Gasteiger partial charge < -0.3 is 4.57 Å². The Morgan fingerprint density at radius 1 is 1.44 bits per heavy atom. The van der Waals surface area contributed by atoms with E-state index in [0.717, 1.165) is 24.9 Å². The Labute approximate surface area is 102 Å². The second-order valence-corrected chi connectivity index (χ2v) is 4.99. The fourth-order valence-corrected chi connectivity index (χ4v) is 2.99. The molecule has 0 amide bonds. The second-order valence-electron chi connectivity index (χ2n) is 4.68. The van der Waals surface area contributed by atoms with Crippen molar-refractivity contribution >= 4 is 11.6 Å². The van der Waals surface area contributed by atoms with Crippen LogP contribution in [0.5, 0.6) is 0 Å². The summed E-state index contributed by atoms with van der Waals surface area (Å²) in [5.74, 6) is 1.53. The topological polar surface area (TPSA) is 21.1 Å². The zero-order chi connectivity index (χ0) is 11.4. The molecular formula is C12H20ClN3. The van der Waals surface area contributed by atoms with E-state index in [0.29, 0.717) is 6.04 Å². The lowest BCUT2D eigenvalue weighted by Crippen LogP contribution is -2.34. The molecule has 0 aliphatic carbocycles. The lowest BCUT2D eigenvalue weighted by molar-refractivity contribution is 0.243. The van der Waals surface area contributed by atoms with Crippen LogP contribution in [0, 0.1) is 5.92 Å². The molecule has 2 heterocycles. The molecule has 0 radical (unpaired) electrons. The molecule has 1 fully saturated rings. The quantitative estimate of drug-likeness (QED) is 0.738. The number of hydrogen-bond acceptors (Lipinski definition) is 2. The van der Waals surface area contributed by atoms with Crippen LogP contribution in [0.25, 0.3) is 0 Å². The first-order chi connectivity index (χ1) is 7.81. The molecule has 1 aliphatic heterocycles. The van der Waals surface area contributed by atoms with Crippen molar-refractivity contribution in [2.24, 2.45) is 5.92 Å². The molecule has 0 bridgehead atoms. The van der Waals surface area contributed by atoms with E-state index in [1.165, 1.54) is 19.4 Å². The lowest BCUT2D eigenvalue weighted by Gasteiger charge is -2.24. The third kappa shape index (κ3) is 2.77. The highest BCUT2D eigenvalue weighted by Gasteiger charge is 2.29. The van der Waals surface area contributed by atoms with Crippen molar-refractivity contribution in [1.82, 2.24) is 14.5 Å². The average molecular weight is 242 g/mol. The van der Waals surface area contributed by atoms with Gasteiger partial charge in [-0.25, -0.2) is 4.98 Å². The van der Waals surface area contributed by atoms with Crippen LogP contribution in [0.3, 0.4) is 0 Å². The van der Waals surface area contributed by atoms with E-state index >= 15 is 0 Å². The molecule has 2 atom stereocenters. The molecule has 0 aromatic carbocycles. The molecule has 0 spiro atoms. The molecule has 1 aromatic heterocycles. The minimum Gasteiger partial charge on any atom is -0.337 e. The number of aryl methyl sites for hydroxylation is 1. The van der Waals surface area contributed by atoms with Gasteiger partial charge in [-0.05, 0) is 25.3 Å². The number of aromatic nitrogens is 2. The van der Waals surface area contributed by atoms with Gasteiger partial charge in [0.05, 0.1) is 6.33 Å². The fraction of sp³-hybridized carbons (Fsp3) is 0.750. The summed E-state index contributed by atoms with van der Waals surface area (Å²) in [7, 11) is 0. The van der Waals surface area contributed by atoms with Gasteiger partial charge in [0, 0.05) is 37.4 Å². The van der Waals surface area contributed by atoms with E-state index in [1.807, 2.05) is 18.7 Å². The van der Waals surface area contributed by atoms with Crippen molar-refractivity contribution in [3.05, 3.63) is 18.7 Å². The maximum atomic E-state index is 6.02. The highest BCUT2D eigenvalue weighted by Crippen LogP contribution is 2.24. The first-order valence-corrected chi connectivity index (χ1v) is 6.60. The van der Waals surface area contributed by atoms with Crippen LogP contribution < -0.4 is 0 Å². The number of nitrogens with zero attached hydrogens (tertiary/aromatic N) is 3. The summed E-state index contributed by atoms with van der Waals surface area (Å²) < 4.78 is 2.13. The number of hydrogen-bond donors (Lipinski definition) is 0. The van der Waals surface area contributed by atoms with Crippen LogP contribution >= 0.6 is 11.6 Å². The largest absolute Gasteiger partial charge is 0.337 e. The first kappa shape index (κ1) is 11.9. The summed E-state index contributed by atoms with van der Waals surface area (Å²) in [5, 5.41) is 0. The summed E-state index contributed by atoms with van der Waals surface area (Å²) in [5.41, 5.74) is 0. The summed E-state index contributed by atoms with van der Waals surface area (Å²) in [6, 6.07) is 0.587. The van der Waals surface area contributed by atoms with Gasteiger partial charge in [-0.3, -0.25) is 4.90 Å². The van der Waals surface area contributed by atoms with Gasteiger partial charge in [-0.2, -0.15) is 0 Å². The number of alkyl halides is 1. The van der Waals surface area contributed by atoms with Gasteiger partial charge in [0.25, 0.3) is 0 Å². The summed E-state index contributed by atoms with van der Waals surface area (Å²) in [4.78, 5) is 6.58. The molecule has 0 N–H and O–H groups in total. The smallest absolute Gasteiger partial charge is 0.0945 e. The molecule has 16 heavy (non-hydrogen) atoms. The van der Waals surface area contributed by atoms with Gasteiger partial charge in [0.2, 0.25) is 0 Å². The number of rotatable bonds is 5. The van der Waals surface area contributed by atoms with Gasteiger partial charge in [0.15, 0.2) is 0 Å². The Balaban J connectivity index is 1.73. The van der Waals surface area contributed by atoms with Gasteiger partial charge in [-0.1, -0.05) is 6.92 Å². The predicted octanol–water partition coefficient (Wildman–Crippen LogP) is 2.22. The van der Waals surface area contributed by atoms with Crippen LogP contribution in [0.15, 0.2) is 18.7 Å². The van der Waals surface area contributed by atoms with E-state index in [9.17, 15) is 0 Å². The summed E-state index contributed by atoms with van der Waals surface area (Å²) in [6.07, 6.45) is 8.20. The SMILES string of the molecule is CC1CCN(CCCn2ccnc2)C1CCl. The normalized spacial score (nSPS) is 26.4. The molecule has 0 saturated carbocycles. The van der Waals surface area contributed by atoms with Crippen LogP contribution in [0.1, 0.15) is 19.8 Å². The Kier molecular flexibility index (Phi) is 4.24. The predicted molar refractivity (Wildman–Crippen MR) is 66.7 cm³/mol. The minimum atomic E-state index is 0.587. The highest BCUT2D eigenvalue weighted by atomic mass is 35.5. The summed E-state index contributed by atoms with van der Waals surface area (Å²) >= 11 is 6.02. The molecule has 3 nitrogen and oxygen atoms in total. The van der Waals surface area contributed by atoms with Crippen molar-refractivity contribution in [2.45, 2.75) is 32.4 Å². The van der Waals surface area contributed by atoms with Crippen molar-refractivity contribution < 1.29 is 0 Å². The van der Waals surface area contributed by atoms with Crippen molar-refractivity contribution in [3.8, 4) is 0 Å². The Morgan fingerprint density at radius 3 is 3.00 bits per heavy atom. The van der Waals surface area contributed by atoms with E-state index in [1.54, 1.807) is 0 Å². The van der Waals surface area contributed by atoms with Crippen molar-refractivity contribution in [1.29, 1.82) is 0 Å². The second kappa shape index (κ2) is 5.69. The molecule has 90 valence electrons. The van der Waals surface area contributed by atoms with E-state index in [-0.39, 0.29) is 0 Å². The molecule has 2 unspecified atom stereocenters. The third-order valence-corrected chi connectivity index (χ3v) is 3.89. The fourth-order valence-electron chi connectivity index (χ4n) is 2.49. The maximum absolute atomic E-state index is 6.02. The Hall–Kier alpha value is -0.540. The van der Waals surface area contributed by atoms with Crippen LogP contribution in [0.4, 0.5) is 0 Å². The third-order valence-electron chi connectivity index (χ3n) is 3.58. The number of imidazole rings is 1. The molecule has 1 saturated heterocycles. The van der Waals surface area contributed by atoms with E-state index < -0.39 is 0 Å². The lowest BCUT2D eigenvalue weighted by atomic mass is 10.1. The maximum Gasteiger partial charge on any atom is 0.0945 e. The highest BCUT2D eigenvalue weighted by molar-refractivity contribution is 6.18. The number of halogens is 1. The van der Waals surface area contributed by atoms with Crippen LogP contribution in [-0.2, 0) is 6.54 Å². The van der Waals surface area contributed by atoms with E-state index in [2.05, 4.69) is 21.4 Å². The van der Waals surface area contributed by atoms with Crippen LogP contribution in [-0.4, -0.2) is 39.5 Å². The van der Waals surface area contributed by atoms with E-state index in [4.69, 9.17) is 11.6 Å². The molecular weight excluding hydrogens is 222 g/mol. The first-order valence-electron chi connectivity index (χ1n) is 6.07. The zero-order valence-corrected chi connectivity index (χ0v) is 10.6. The monoisotopic (exact) mass is 241 g/mol.